The SMILES string of the molecule is CCCC(C)(CC)Oc1ccc2cc(Oc3ccc(C(=O)c4ccc(C(C)(CC)CCC)cc4)cc3)ccc2c1. The summed E-state index contributed by atoms with van der Waals surface area (Å²) < 4.78 is 12.5. The molecule has 4 aromatic rings. The zero-order valence-electron chi connectivity index (χ0n) is 25.1. The van der Waals surface area contributed by atoms with Crippen LogP contribution in [0.1, 0.15) is 102 Å². The zero-order valence-corrected chi connectivity index (χ0v) is 25.1. The van der Waals surface area contributed by atoms with Crippen molar-refractivity contribution < 1.29 is 14.3 Å². The molecule has 2 atom stereocenters. The highest BCUT2D eigenvalue weighted by Crippen LogP contribution is 2.34. The van der Waals surface area contributed by atoms with Gasteiger partial charge in [-0.3, -0.25) is 4.79 Å². The van der Waals surface area contributed by atoms with Crippen LogP contribution in [0.2, 0.25) is 0 Å². The molecule has 3 heteroatoms. The van der Waals surface area contributed by atoms with Crippen molar-refractivity contribution in [3.8, 4) is 17.2 Å². The predicted octanol–water partition coefficient (Wildman–Crippen LogP) is 10.7. The second-order valence-electron chi connectivity index (χ2n) is 11.5. The first-order valence-electron chi connectivity index (χ1n) is 14.9. The van der Waals surface area contributed by atoms with Crippen molar-refractivity contribution in [2.45, 2.75) is 91.1 Å². The lowest BCUT2D eigenvalue weighted by molar-refractivity contribution is 0.0743. The molecule has 0 radical (unpaired) electrons. The Kier molecular flexibility index (Phi) is 9.35. The molecule has 0 N–H and O–H groups in total. The number of ether oxygens (including phenoxy) is 2. The molecule has 3 nitrogen and oxygen atoms in total. The van der Waals surface area contributed by atoms with Crippen molar-refractivity contribution in [1.29, 1.82) is 0 Å². The molecule has 4 rings (SSSR count). The zero-order chi connectivity index (χ0) is 28.8. The molecule has 0 aliphatic heterocycles. The lowest BCUT2D eigenvalue weighted by Crippen LogP contribution is -2.31. The monoisotopic (exact) mass is 536 g/mol. The molecule has 0 fully saturated rings. The van der Waals surface area contributed by atoms with Gasteiger partial charge in [-0.1, -0.05) is 83.9 Å². The van der Waals surface area contributed by atoms with Gasteiger partial charge in [-0.2, -0.15) is 0 Å². The average Bonchev–Trinajstić information content (AvgIpc) is 2.97. The minimum absolute atomic E-state index is 0.0219. The largest absolute Gasteiger partial charge is 0.488 e. The van der Waals surface area contributed by atoms with E-state index in [-0.39, 0.29) is 16.8 Å². The fraction of sp³-hybridized carbons (Fsp3) is 0.378. The molecule has 0 aliphatic carbocycles. The Hall–Kier alpha value is -3.59. The first kappa shape index (κ1) is 29.4. The average molecular weight is 537 g/mol. The van der Waals surface area contributed by atoms with Gasteiger partial charge < -0.3 is 9.47 Å². The Labute approximate surface area is 240 Å². The first-order valence-corrected chi connectivity index (χ1v) is 14.9. The van der Waals surface area contributed by atoms with Gasteiger partial charge in [-0.15, -0.1) is 0 Å². The highest BCUT2D eigenvalue weighted by Gasteiger charge is 2.24. The summed E-state index contributed by atoms with van der Waals surface area (Å²) in [6.45, 7) is 13.3. The molecule has 210 valence electrons. The minimum atomic E-state index is -0.145. The number of hydrogen-bond donors (Lipinski definition) is 0. The molecular weight excluding hydrogens is 492 g/mol. The van der Waals surface area contributed by atoms with Crippen LogP contribution in [0.25, 0.3) is 10.8 Å². The maximum absolute atomic E-state index is 13.1. The Morgan fingerprint density at radius 3 is 1.70 bits per heavy atom. The van der Waals surface area contributed by atoms with Gasteiger partial charge in [0.15, 0.2) is 5.78 Å². The van der Waals surface area contributed by atoms with E-state index in [0.29, 0.717) is 16.9 Å². The summed E-state index contributed by atoms with van der Waals surface area (Å²) in [6.07, 6.45) is 6.47. The molecule has 2 unspecified atom stereocenters. The lowest BCUT2D eigenvalue weighted by Gasteiger charge is -2.29. The molecule has 0 spiro atoms. The molecule has 0 aromatic heterocycles. The second-order valence-corrected chi connectivity index (χ2v) is 11.5. The maximum atomic E-state index is 13.1. The van der Waals surface area contributed by atoms with Crippen molar-refractivity contribution in [2.24, 2.45) is 0 Å². The molecule has 0 saturated carbocycles. The third-order valence-electron chi connectivity index (χ3n) is 8.45. The van der Waals surface area contributed by atoms with Crippen molar-refractivity contribution in [1.82, 2.24) is 0 Å². The van der Waals surface area contributed by atoms with Crippen LogP contribution in [0, 0.1) is 0 Å². The van der Waals surface area contributed by atoms with E-state index < -0.39 is 0 Å². The first-order chi connectivity index (χ1) is 19.2. The van der Waals surface area contributed by atoms with E-state index >= 15 is 0 Å². The fourth-order valence-electron chi connectivity index (χ4n) is 5.52. The van der Waals surface area contributed by atoms with Gasteiger partial charge in [0.1, 0.15) is 22.8 Å². The topological polar surface area (TPSA) is 35.5 Å². The highest BCUT2D eigenvalue weighted by atomic mass is 16.5. The number of ketones is 1. The van der Waals surface area contributed by atoms with Crippen molar-refractivity contribution in [3.63, 3.8) is 0 Å². The van der Waals surface area contributed by atoms with Gasteiger partial charge >= 0.3 is 0 Å². The molecule has 0 amide bonds. The van der Waals surface area contributed by atoms with Crippen LogP contribution in [0.3, 0.4) is 0 Å². The summed E-state index contributed by atoms with van der Waals surface area (Å²) in [5.41, 5.74) is 2.67. The smallest absolute Gasteiger partial charge is 0.193 e. The number of benzene rings is 4. The van der Waals surface area contributed by atoms with Crippen LogP contribution in [-0.4, -0.2) is 11.4 Å². The van der Waals surface area contributed by atoms with Gasteiger partial charge in [0.2, 0.25) is 0 Å². The minimum Gasteiger partial charge on any atom is -0.488 e. The van der Waals surface area contributed by atoms with Crippen molar-refractivity contribution in [3.05, 3.63) is 102 Å². The summed E-state index contributed by atoms with van der Waals surface area (Å²) >= 11 is 0. The van der Waals surface area contributed by atoms with Crippen LogP contribution in [0.15, 0.2) is 84.9 Å². The third-order valence-corrected chi connectivity index (χ3v) is 8.45. The number of rotatable bonds is 13. The predicted molar refractivity (Wildman–Crippen MR) is 167 cm³/mol. The molecule has 0 saturated heterocycles. The molecule has 4 aromatic carbocycles. The van der Waals surface area contributed by atoms with Gasteiger partial charge in [-0.25, -0.2) is 0 Å². The Morgan fingerprint density at radius 1 is 0.625 bits per heavy atom. The number of carbonyl (C=O) groups is 1. The molecule has 0 bridgehead atoms. The van der Waals surface area contributed by atoms with Crippen molar-refractivity contribution >= 4 is 16.6 Å². The summed E-state index contributed by atoms with van der Waals surface area (Å²) in [5.74, 6) is 2.37. The second kappa shape index (κ2) is 12.7. The Balaban J connectivity index is 1.43. The summed E-state index contributed by atoms with van der Waals surface area (Å²) in [5, 5.41) is 2.20. The quantitative estimate of drug-likeness (QED) is 0.159. The normalized spacial score (nSPS) is 14.3. The number of fused-ring (bicyclic) bond motifs is 1. The van der Waals surface area contributed by atoms with E-state index in [2.05, 4.69) is 71.9 Å². The third kappa shape index (κ3) is 6.75. The molecule has 40 heavy (non-hydrogen) atoms. The Morgan fingerprint density at radius 2 is 1.15 bits per heavy atom. The number of carbonyl (C=O) groups excluding carboxylic acids is 1. The molecule has 0 heterocycles. The molecule has 0 aliphatic rings. The van der Waals surface area contributed by atoms with Gasteiger partial charge in [-0.05, 0) is 103 Å². The van der Waals surface area contributed by atoms with E-state index in [1.54, 1.807) is 0 Å². The van der Waals surface area contributed by atoms with E-state index in [4.69, 9.17) is 9.47 Å². The van der Waals surface area contributed by atoms with Crippen LogP contribution in [0.5, 0.6) is 17.2 Å². The lowest BCUT2D eigenvalue weighted by atomic mass is 9.76. The maximum Gasteiger partial charge on any atom is 0.193 e. The highest BCUT2D eigenvalue weighted by molar-refractivity contribution is 6.09. The fourth-order valence-corrected chi connectivity index (χ4v) is 5.52. The van der Waals surface area contributed by atoms with E-state index in [1.165, 1.54) is 5.56 Å². The standard InChI is InChI=1S/C37H44O3/c1-7-23-36(5,9-3)31-17-11-27(12-18-31)35(38)28-13-19-32(20-14-28)39-33-21-15-30-26-34(22-16-29(30)25-33)40-37(6,10-4)24-8-2/h11-22,25-26H,7-10,23-24H2,1-6H3. The van der Waals surface area contributed by atoms with Crippen LogP contribution in [-0.2, 0) is 5.41 Å². The van der Waals surface area contributed by atoms with Gasteiger partial charge in [0.05, 0.1) is 0 Å². The number of hydrogen-bond acceptors (Lipinski definition) is 3. The van der Waals surface area contributed by atoms with Crippen LogP contribution >= 0.6 is 0 Å². The van der Waals surface area contributed by atoms with E-state index in [0.717, 1.165) is 60.8 Å². The summed E-state index contributed by atoms with van der Waals surface area (Å²) in [7, 11) is 0. The summed E-state index contributed by atoms with van der Waals surface area (Å²) in [6, 6.07) is 27.8. The van der Waals surface area contributed by atoms with E-state index in [1.807, 2.05) is 54.6 Å². The van der Waals surface area contributed by atoms with Gasteiger partial charge in [0.25, 0.3) is 0 Å². The molecular formula is C37H44O3. The van der Waals surface area contributed by atoms with Crippen LogP contribution in [0.4, 0.5) is 0 Å². The van der Waals surface area contributed by atoms with Gasteiger partial charge in [0, 0.05) is 11.1 Å². The van der Waals surface area contributed by atoms with Crippen LogP contribution < -0.4 is 9.47 Å². The van der Waals surface area contributed by atoms with E-state index in [9.17, 15) is 4.79 Å². The van der Waals surface area contributed by atoms with Crippen molar-refractivity contribution in [2.75, 3.05) is 0 Å². The Bertz CT molecular complexity index is 1420. The summed E-state index contributed by atoms with van der Waals surface area (Å²) in [4.78, 5) is 13.1.